The van der Waals surface area contributed by atoms with E-state index in [1.807, 2.05) is 36.4 Å². The van der Waals surface area contributed by atoms with Crippen molar-refractivity contribution in [3.8, 4) is 11.5 Å². The summed E-state index contributed by atoms with van der Waals surface area (Å²) in [5.41, 5.74) is 1.82. The van der Waals surface area contributed by atoms with E-state index < -0.39 is 6.04 Å². The second-order valence-electron chi connectivity index (χ2n) is 9.36. The number of amides is 1. The zero-order valence-corrected chi connectivity index (χ0v) is 21.3. The Balaban J connectivity index is 1.27. The highest BCUT2D eigenvalue weighted by Crippen LogP contribution is 2.30. The molecule has 0 spiro atoms. The van der Waals surface area contributed by atoms with E-state index >= 15 is 0 Å². The van der Waals surface area contributed by atoms with Crippen molar-refractivity contribution in [3.05, 3.63) is 107 Å². The van der Waals surface area contributed by atoms with Crippen molar-refractivity contribution in [1.82, 2.24) is 19.9 Å². The number of ketones is 1. The fraction of sp³-hybridized carbons (Fsp3) is 0.241. The number of aromatic nitrogens is 3. The molecule has 194 valence electrons. The van der Waals surface area contributed by atoms with E-state index in [1.165, 1.54) is 29.3 Å². The lowest BCUT2D eigenvalue weighted by atomic mass is 9.94. The molecule has 0 radical (unpaired) electrons. The molecule has 4 aromatic rings. The van der Waals surface area contributed by atoms with Gasteiger partial charge in [-0.1, -0.05) is 41.9 Å². The Morgan fingerprint density at radius 1 is 0.947 bits per heavy atom. The van der Waals surface area contributed by atoms with Crippen LogP contribution in [0.5, 0.6) is 11.5 Å². The number of hydrogen-bond acceptors (Lipinski definition) is 5. The molecule has 38 heavy (non-hydrogen) atoms. The van der Waals surface area contributed by atoms with Crippen LogP contribution in [0.1, 0.15) is 17.5 Å². The molecule has 1 fully saturated rings. The zero-order valence-electron chi connectivity index (χ0n) is 20.5. The van der Waals surface area contributed by atoms with E-state index in [4.69, 9.17) is 16.3 Å². The molecule has 1 aliphatic rings. The number of carbonyl (C=O) groups excluding carboxylic acids is 2. The summed E-state index contributed by atoms with van der Waals surface area (Å²) in [6.45, 7) is 0.442. The molecule has 0 aliphatic carbocycles. The monoisotopic (exact) mass is 532 g/mol. The van der Waals surface area contributed by atoms with Gasteiger partial charge in [-0.25, -0.2) is 4.39 Å². The quantitative estimate of drug-likeness (QED) is 0.298. The van der Waals surface area contributed by atoms with Gasteiger partial charge in [0.25, 0.3) is 0 Å². The number of benzene rings is 3. The van der Waals surface area contributed by atoms with Crippen LogP contribution in [-0.4, -0.2) is 44.2 Å². The lowest BCUT2D eigenvalue weighted by Gasteiger charge is -2.23. The molecule has 1 aromatic heterocycles. The Morgan fingerprint density at radius 2 is 1.61 bits per heavy atom. The molecular formula is C29H26ClFN4O3. The molecule has 0 N–H and O–H groups in total. The van der Waals surface area contributed by atoms with Gasteiger partial charge in [0, 0.05) is 18.0 Å². The van der Waals surface area contributed by atoms with Crippen molar-refractivity contribution in [2.24, 2.45) is 5.92 Å². The number of halogens is 2. The van der Waals surface area contributed by atoms with Gasteiger partial charge in [-0.2, -0.15) is 15.0 Å². The standard InChI is InChI=1S/C29H26ClFN4O3/c30-26-4-2-1-3-22(26)15-21-16-27(34(18-21)29(37)19-35-32-13-14-33-35)28(36)17-20-5-9-24(10-6-20)38-25-11-7-23(31)8-12-25/h1-14,21,27H,15-19H2/t21-,27+/m1/s1. The minimum absolute atomic E-state index is 0.0228. The first kappa shape index (κ1) is 25.6. The number of hydrogen-bond donors (Lipinski definition) is 0. The fourth-order valence-corrected chi connectivity index (χ4v) is 5.01. The summed E-state index contributed by atoms with van der Waals surface area (Å²) in [7, 11) is 0. The summed E-state index contributed by atoms with van der Waals surface area (Å²) in [5, 5.41) is 8.75. The zero-order chi connectivity index (χ0) is 26.5. The lowest BCUT2D eigenvalue weighted by Crippen LogP contribution is -2.43. The number of rotatable bonds is 9. The van der Waals surface area contributed by atoms with Crippen LogP contribution in [0.4, 0.5) is 4.39 Å². The van der Waals surface area contributed by atoms with Gasteiger partial charge in [0.15, 0.2) is 5.78 Å². The molecule has 9 heteroatoms. The van der Waals surface area contributed by atoms with Gasteiger partial charge in [0.05, 0.1) is 18.4 Å². The first-order valence-electron chi connectivity index (χ1n) is 12.4. The number of Topliss-reactive ketones (excluding diaryl/α,β-unsaturated/α-hetero) is 1. The van der Waals surface area contributed by atoms with Gasteiger partial charge in [-0.15, -0.1) is 0 Å². The van der Waals surface area contributed by atoms with Crippen LogP contribution in [0, 0.1) is 11.7 Å². The SMILES string of the molecule is O=C(Cc1ccc(Oc2ccc(F)cc2)cc1)[C@@H]1C[C@@H](Cc2ccccc2Cl)CN1C(=O)Cn1nccn1. The largest absolute Gasteiger partial charge is 0.457 e. The molecule has 3 aromatic carbocycles. The van der Waals surface area contributed by atoms with E-state index in [9.17, 15) is 14.0 Å². The minimum Gasteiger partial charge on any atom is -0.457 e. The second kappa shape index (κ2) is 11.6. The molecule has 2 heterocycles. The summed E-state index contributed by atoms with van der Waals surface area (Å²) in [6.07, 6.45) is 4.47. The Bertz CT molecular complexity index is 1390. The Labute approximate surface area is 224 Å². The van der Waals surface area contributed by atoms with E-state index in [0.717, 1.165) is 11.1 Å². The summed E-state index contributed by atoms with van der Waals surface area (Å²) in [6, 6.07) is 20.1. The topological polar surface area (TPSA) is 77.3 Å². The maximum atomic E-state index is 13.5. The summed E-state index contributed by atoms with van der Waals surface area (Å²) >= 11 is 6.38. The highest BCUT2D eigenvalue weighted by molar-refractivity contribution is 6.31. The fourth-order valence-electron chi connectivity index (χ4n) is 4.80. The van der Waals surface area contributed by atoms with Gasteiger partial charge < -0.3 is 9.64 Å². The maximum Gasteiger partial charge on any atom is 0.246 e. The van der Waals surface area contributed by atoms with E-state index in [0.29, 0.717) is 35.9 Å². The van der Waals surface area contributed by atoms with Gasteiger partial charge in [0.1, 0.15) is 23.9 Å². The van der Waals surface area contributed by atoms with Crippen LogP contribution in [0.2, 0.25) is 5.02 Å². The Kier molecular flexibility index (Phi) is 7.79. The number of ether oxygens (including phenoxy) is 1. The molecule has 7 nitrogen and oxygen atoms in total. The van der Waals surface area contributed by atoms with Crippen molar-refractivity contribution in [2.45, 2.75) is 31.8 Å². The van der Waals surface area contributed by atoms with Crippen LogP contribution < -0.4 is 4.74 Å². The smallest absolute Gasteiger partial charge is 0.246 e. The normalized spacial score (nSPS) is 16.9. The maximum absolute atomic E-state index is 13.5. The van der Waals surface area contributed by atoms with Crippen molar-refractivity contribution in [1.29, 1.82) is 0 Å². The molecule has 1 amide bonds. The summed E-state index contributed by atoms with van der Waals surface area (Å²) in [5.74, 6) is 0.652. The van der Waals surface area contributed by atoms with Gasteiger partial charge in [0.2, 0.25) is 5.91 Å². The number of nitrogens with zero attached hydrogens (tertiary/aromatic N) is 4. The highest BCUT2D eigenvalue weighted by atomic mass is 35.5. The average Bonchev–Trinajstić information content (AvgIpc) is 3.58. The summed E-state index contributed by atoms with van der Waals surface area (Å²) < 4.78 is 18.9. The Hall–Kier alpha value is -4.04. The second-order valence-corrected chi connectivity index (χ2v) is 9.77. The van der Waals surface area contributed by atoms with Crippen LogP contribution in [0.25, 0.3) is 0 Å². The molecule has 0 unspecified atom stereocenters. The summed E-state index contributed by atoms with van der Waals surface area (Å²) in [4.78, 5) is 29.7. The molecular weight excluding hydrogens is 507 g/mol. The van der Waals surface area contributed by atoms with Crippen molar-refractivity contribution in [3.63, 3.8) is 0 Å². The van der Waals surface area contributed by atoms with Crippen molar-refractivity contribution < 1.29 is 18.7 Å². The molecule has 5 rings (SSSR count). The highest BCUT2D eigenvalue weighted by Gasteiger charge is 2.39. The molecule has 1 aliphatic heterocycles. The van der Waals surface area contributed by atoms with Gasteiger partial charge in [-0.3, -0.25) is 9.59 Å². The van der Waals surface area contributed by atoms with Crippen molar-refractivity contribution in [2.75, 3.05) is 6.54 Å². The predicted molar refractivity (Wildman–Crippen MR) is 140 cm³/mol. The van der Waals surface area contributed by atoms with Crippen LogP contribution in [0.15, 0.2) is 85.2 Å². The van der Waals surface area contributed by atoms with Gasteiger partial charge in [-0.05, 0) is 72.4 Å². The molecule has 0 saturated carbocycles. The Morgan fingerprint density at radius 3 is 2.29 bits per heavy atom. The van der Waals surface area contributed by atoms with Gasteiger partial charge >= 0.3 is 0 Å². The number of carbonyl (C=O) groups is 2. The van der Waals surface area contributed by atoms with Crippen LogP contribution in [0.3, 0.4) is 0 Å². The minimum atomic E-state index is -0.541. The van der Waals surface area contributed by atoms with E-state index in [1.54, 1.807) is 29.2 Å². The van der Waals surface area contributed by atoms with E-state index in [2.05, 4.69) is 10.2 Å². The predicted octanol–water partition coefficient (Wildman–Crippen LogP) is 5.13. The van der Waals surface area contributed by atoms with E-state index in [-0.39, 0.29) is 36.4 Å². The lowest BCUT2D eigenvalue weighted by molar-refractivity contribution is -0.138. The molecule has 2 atom stereocenters. The van der Waals surface area contributed by atoms with Crippen LogP contribution >= 0.6 is 11.6 Å². The third kappa shape index (κ3) is 6.26. The first-order valence-corrected chi connectivity index (χ1v) is 12.7. The third-order valence-corrected chi connectivity index (χ3v) is 7.01. The number of likely N-dealkylation sites (tertiary alicyclic amines) is 1. The third-order valence-electron chi connectivity index (χ3n) is 6.64. The first-order chi connectivity index (χ1) is 18.4. The van der Waals surface area contributed by atoms with Crippen molar-refractivity contribution >= 4 is 23.3 Å². The van der Waals surface area contributed by atoms with Crippen LogP contribution in [-0.2, 0) is 29.0 Å². The molecule has 1 saturated heterocycles. The molecule has 0 bridgehead atoms. The average molecular weight is 533 g/mol.